The third-order valence-corrected chi connectivity index (χ3v) is 4.97. The van der Waals surface area contributed by atoms with Gasteiger partial charge in [-0.05, 0) is 18.8 Å². The van der Waals surface area contributed by atoms with E-state index in [1.807, 2.05) is 0 Å². The Morgan fingerprint density at radius 2 is 1.84 bits per heavy atom. The second kappa shape index (κ2) is 7.18. The average Bonchev–Trinajstić information content (AvgIpc) is 3.14. The van der Waals surface area contributed by atoms with Crippen LogP contribution in [0.1, 0.15) is 19.3 Å². The van der Waals surface area contributed by atoms with Gasteiger partial charge < -0.3 is 9.84 Å². The summed E-state index contributed by atoms with van der Waals surface area (Å²) in [7, 11) is -0.756. The van der Waals surface area contributed by atoms with Gasteiger partial charge in [-0.25, -0.2) is 0 Å². The summed E-state index contributed by atoms with van der Waals surface area (Å²) in [5.74, 6) is -0.363. The molecule has 0 aromatic rings. The van der Waals surface area contributed by atoms with Crippen molar-refractivity contribution in [1.82, 2.24) is 8.61 Å². The number of rotatable bonds is 10. The third-order valence-electron chi connectivity index (χ3n) is 3.03. The normalized spacial score (nSPS) is 16.2. The Labute approximate surface area is 114 Å². The number of carboxylic acid groups (broad SMARTS) is 1. The predicted octanol–water partition coefficient (Wildman–Crippen LogP) is -0.00390. The molecule has 0 amide bonds. The number of carbonyl (C=O) groups is 1. The first-order valence-electron chi connectivity index (χ1n) is 6.31. The summed E-state index contributed by atoms with van der Waals surface area (Å²) < 4.78 is 31.6. The summed E-state index contributed by atoms with van der Waals surface area (Å²) in [6.07, 6.45) is 2.19. The quantitative estimate of drug-likeness (QED) is 0.573. The fraction of sp³-hybridized carbons (Fsp3) is 0.909. The lowest BCUT2D eigenvalue weighted by Gasteiger charge is -2.23. The summed E-state index contributed by atoms with van der Waals surface area (Å²) in [6, 6.07) is 0. The van der Waals surface area contributed by atoms with E-state index >= 15 is 0 Å². The molecular weight excluding hydrogens is 272 g/mol. The van der Waals surface area contributed by atoms with Crippen molar-refractivity contribution in [2.24, 2.45) is 5.92 Å². The zero-order valence-electron chi connectivity index (χ0n) is 11.4. The van der Waals surface area contributed by atoms with E-state index < -0.39 is 16.2 Å². The maximum Gasteiger partial charge on any atom is 0.304 e. The van der Waals surface area contributed by atoms with Crippen LogP contribution in [0.4, 0.5) is 0 Å². The molecule has 0 aliphatic heterocycles. The van der Waals surface area contributed by atoms with Crippen molar-refractivity contribution in [3.63, 3.8) is 0 Å². The summed E-state index contributed by atoms with van der Waals surface area (Å²) in [4.78, 5) is 10.4. The second-order valence-electron chi connectivity index (χ2n) is 4.81. The van der Waals surface area contributed by atoms with Gasteiger partial charge in [0.15, 0.2) is 0 Å². The van der Waals surface area contributed by atoms with Gasteiger partial charge in [0.05, 0.1) is 13.0 Å². The Morgan fingerprint density at radius 3 is 2.37 bits per heavy atom. The topological polar surface area (TPSA) is 87.2 Å². The molecule has 1 rings (SSSR count). The maximum absolute atomic E-state index is 12.0. The minimum atomic E-state index is -3.60. The van der Waals surface area contributed by atoms with Gasteiger partial charge in [0, 0.05) is 33.8 Å². The molecule has 0 saturated heterocycles. The summed E-state index contributed by atoms with van der Waals surface area (Å²) in [6.45, 7) is 1.29. The van der Waals surface area contributed by atoms with Crippen molar-refractivity contribution < 1.29 is 23.1 Å². The van der Waals surface area contributed by atoms with Crippen molar-refractivity contribution in [1.29, 1.82) is 0 Å². The SMILES string of the molecule is CN(CCOCC1CC1)S(=O)(=O)N(C)CCC(=O)O. The molecule has 112 valence electrons. The molecule has 1 aliphatic carbocycles. The third kappa shape index (κ3) is 5.85. The van der Waals surface area contributed by atoms with Gasteiger partial charge >= 0.3 is 5.97 Å². The molecule has 0 bridgehead atoms. The highest BCUT2D eigenvalue weighted by Gasteiger charge is 2.24. The molecule has 0 atom stereocenters. The van der Waals surface area contributed by atoms with Gasteiger partial charge in [-0.2, -0.15) is 17.0 Å². The zero-order valence-corrected chi connectivity index (χ0v) is 12.2. The van der Waals surface area contributed by atoms with Crippen molar-refractivity contribution in [2.75, 3.05) is 40.4 Å². The van der Waals surface area contributed by atoms with E-state index in [9.17, 15) is 13.2 Å². The van der Waals surface area contributed by atoms with Gasteiger partial charge in [0.1, 0.15) is 0 Å². The Bertz CT molecular complexity index is 394. The fourth-order valence-electron chi connectivity index (χ4n) is 1.45. The van der Waals surface area contributed by atoms with E-state index in [1.165, 1.54) is 31.2 Å². The molecule has 0 heterocycles. The largest absolute Gasteiger partial charge is 0.481 e. The molecule has 0 aromatic carbocycles. The van der Waals surface area contributed by atoms with E-state index in [2.05, 4.69) is 0 Å². The molecule has 7 nitrogen and oxygen atoms in total. The Hall–Kier alpha value is -0.700. The van der Waals surface area contributed by atoms with Crippen molar-refractivity contribution in [2.45, 2.75) is 19.3 Å². The van der Waals surface area contributed by atoms with Crippen LogP contribution in [0.25, 0.3) is 0 Å². The Kier molecular flexibility index (Phi) is 6.18. The van der Waals surface area contributed by atoms with Crippen LogP contribution in [0.2, 0.25) is 0 Å². The standard InChI is InChI=1S/C11H22N2O5S/c1-12(6-5-11(14)15)19(16,17)13(2)7-8-18-9-10-3-4-10/h10H,3-9H2,1-2H3,(H,14,15). The van der Waals surface area contributed by atoms with E-state index in [0.29, 0.717) is 19.1 Å². The molecule has 1 N–H and O–H groups in total. The highest BCUT2D eigenvalue weighted by Crippen LogP contribution is 2.28. The monoisotopic (exact) mass is 294 g/mol. The van der Waals surface area contributed by atoms with Crippen LogP contribution in [-0.2, 0) is 19.7 Å². The van der Waals surface area contributed by atoms with Crippen LogP contribution in [0.15, 0.2) is 0 Å². The van der Waals surface area contributed by atoms with Crippen molar-refractivity contribution in [3.8, 4) is 0 Å². The minimum Gasteiger partial charge on any atom is -0.481 e. The number of hydrogen-bond acceptors (Lipinski definition) is 4. The summed E-state index contributed by atoms with van der Waals surface area (Å²) >= 11 is 0. The van der Waals surface area contributed by atoms with Crippen molar-refractivity contribution in [3.05, 3.63) is 0 Å². The van der Waals surface area contributed by atoms with Crippen LogP contribution in [0, 0.1) is 5.92 Å². The minimum absolute atomic E-state index is 0.0368. The Balaban J connectivity index is 2.29. The Morgan fingerprint density at radius 1 is 1.26 bits per heavy atom. The molecule has 1 aliphatic rings. The van der Waals surface area contributed by atoms with Crippen LogP contribution < -0.4 is 0 Å². The number of ether oxygens (including phenoxy) is 1. The first kappa shape index (κ1) is 16.4. The van der Waals surface area contributed by atoms with Crippen LogP contribution in [0.5, 0.6) is 0 Å². The van der Waals surface area contributed by atoms with Crippen LogP contribution in [0.3, 0.4) is 0 Å². The smallest absolute Gasteiger partial charge is 0.304 e. The fourth-order valence-corrected chi connectivity index (χ4v) is 2.55. The van der Waals surface area contributed by atoms with E-state index in [4.69, 9.17) is 9.84 Å². The number of carboxylic acids is 1. The molecular formula is C11H22N2O5S. The molecule has 1 fully saturated rings. The lowest BCUT2D eigenvalue weighted by atomic mass is 10.4. The van der Waals surface area contributed by atoms with E-state index in [1.54, 1.807) is 0 Å². The molecule has 1 saturated carbocycles. The van der Waals surface area contributed by atoms with Gasteiger partial charge in [-0.15, -0.1) is 0 Å². The number of likely N-dealkylation sites (N-methyl/N-ethyl adjacent to an activating group) is 1. The van der Waals surface area contributed by atoms with Crippen molar-refractivity contribution >= 4 is 16.2 Å². The molecule has 0 aromatic heterocycles. The number of hydrogen-bond donors (Lipinski definition) is 1. The van der Waals surface area contributed by atoms with Crippen LogP contribution in [-0.4, -0.2) is 68.5 Å². The first-order chi connectivity index (χ1) is 8.84. The number of nitrogens with zero attached hydrogens (tertiary/aromatic N) is 2. The summed E-state index contributed by atoms with van der Waals surface area (Å²) in [5.41, 5.74) is 0. The highest BCUT2D eigenvalue weighted by molar-refractivity contribution is 7.86. The van der Waals surface area contributed by atoms with Gasteiger partial charge in [0.25, 0.3) is 10.2 Å². The highest BCUT2D eigenvalue weighted by atomic mass is 32.2. The maximum atomic E-state index is 12.0. The molecule has 0 unspecified atom stereocenters. The summed E-state index contributed by atoms with van der Waals surface area (Å²) in [5, 5.41) is 8.54. The lowest BCUT2D eigenvalue weighted by molar-refractivity contribution is -0.137. The van der Waals surface area contributed by atoms with Gasteiger partial charge in [-0.3, -0.25) is 4.79 Å². The zero-order chi connectivity index (χ0) is 14.5. The second-order valence-corrected chi connectivity index (χ2v) is 6.96. The lowest BCUT2D eigenvalue weighted by Crippen LogP contribution is -2.41. The van der Waals surface area contributed by atoms with Crippen LogP contribution >= 0.6 is 0 Å². The molecule has 0 spiro atoms. The molecule has 19 heavy (non-hydrogen) atoms. The average molecular weight is 294 g/mol. The predicted molar refractivity (Wildman–Crippen MR) is 70.0 cm³/mol. The van der Waals surface area contributed by atoms with E-state index in [0.717, 1.165) is 4.31 Å². The number of aliphatic carboxylic acids is 1. The molecule has 8 heteroatoms. The first-order valence-corrected chi connectivity index (χ1v) is 7.71. The van der Waals surface area contributed by atoms with Gasteiger partial charge in [0.2, 0.25) is 0 Å². The van der Waals surface area contributed by atoms with E-state index in [-0.39, 0.29) is 19.5 Å². The van der Waals surface area contributed by atoms with Gasteiger partial charge in [-0.1, -0.05) is 0 Å². The molecule has 0 radical (unpaired) electrons.